The molecule has 0 atom stereocenters. The van der Waals surface area contributed by atoms with Crippen molar-refractivity contribution in [2.75, 3.05) is 10.6 Å². The van der Waals surface area contributed by atoms with E-state index < -0.39 is 11.8 Å². The summed E-state index contributed by atoms with van der Waals surface area (Å²) in [6, 6.07) is 15.8. The van der Waals surface area contributed by atoms with Gasteiger partial charge in [-0.1, -0.05) is 40.2 Å². The van der Waals surface area contributed by atoms with Gasteiger partial charge in [0.15, 0.2) is 0 Å². The van der Waals surface area contributed by atoms with Crippen molar-refractivity contribution in [3.63, 3.8) is 0 Å². The van der Waals surface area contributed by atoms with Gasteiger partial charge in [-0.05, 0) is 30.3 Å². The summed E-state index contributed by atoms with van der Waals surface area (Å²) in [4.78, 5) is 23.4. The molecule has 0 aliphatic rings. The number of benzene rings is 2. The van der Waals surface area contributed by atoms with Crippen LogP contribution < -0.4 is 10.6 Å². The summed E-state index contributed by atoms with van der Waals surface area (Å²) in [5.74, 6) is -1.41. The molecule has 19 heavy (non-hydrogen) atoms. The lowest BCUT2D eigenvalue weighted by atomic mass is 10.3. The molecule has 0 radical (unpaired) electrons. The standard InChI is InChI=1S/C14H11BrN2O2/c15-10-5-4-8-12(9-10)17-14(19)13(18)16-11-6-2-1-3-7-11/h1-9H,(H,16,18)(H,17,19). The molecule has 2 N–H and O–H groups in total. The quantitative estimate of drug-likeness (QED) is 0.836. The third-order valence-corrected chi connectivity index (χ3v) is 2.81. The monoisotopic (exact) mass is 318 g/mol. The van der Waals surface area contributed by atoms with Gasteiger partial charge in [0.1, 0.15) is 0 Å². The van der Waals surface area contributed by atoms with Gasteiger partial charge in [-0.2, -0.15) is 0 Å². The predicted octanol–water partition coefficient (Wildman–Crippen LogP) is 3.03. The van der Waals surface area contributed by atoms with E-state index in [9.17, 15) is 9.59 Å². The molecule has 2 rings (SSSR count). The van der Waals surface area contributed by atoms with Crippen molar-refractivity contribution in [2.45, 2.75) is 0 Å². The van der Waals surface area contributed by atoms with Crippen LogP contribution in [-0.2, 0) is 9.59 Å². The molecule has 2 aromatic carbocycles. The summed E-state index contributed by atoms with van der Waals surface area (Å²) in [6.45, 7) is 0. The minimum atomic E-state index is -0.707. The highest BCUT2D eigenvalue weighted by Gasteiger charge is 2.13. The Kier molecular flexibility index (Phi) is 4.30. The highest BCUT2D eigenvalue weighted by molar-refractivity contribution is 9.10. The maximum Gasteiger partial charge on any atom is 0.314 e. The fourth-order valence-electron chi connectivity index (χ4n) is 1.46. The van der Waals surface area contributed by atoms with Crippen LogP contribution >= 0.6 is 15.9 Å². The number of carbonyl (C=O) groups is 2. The molecule has 0 unspecified atom stereocenters. The fraction of sp³-hybridized carbons (Fsp3) is 0. The Hall–Kier alpha value is -2.14. The molecular formula is C14H11BrN2O2. The van der Waals surface area contributed by atoms with E-state index in [0.717, 1.165) is 4.47 Å². The van der Waals surface area contributed by atoms with Crippen LogP contribution in [-0.4, -0.2) is 11.8 Å². The Morgan fingerprint density at radius 1 is 0.789 bits per heavy atom. The predicted molar refractivity (Wildman–Crippen MR) is 77.8 cm³/mol. The van der Waals surface area contributed by atoms with Gasteiger partial charge < -0.3 is 10.6 Å². The maximum atomic E-state index is 11.7. The molecule has 4 nitrogen and oxygen atoms in total. The van der Waals surface area contributed by atoms with Crippen molar-refractivity contribution in [1.29, 1.82) is 0 Å². The van der Waals surface area contributed by atoms with Crippen molar-refractivity contribution >= 4 is 39.1 Å². The van der Waals surface area contributed by atoms with Gasteiger partial charge in [-0.25, -0.2) is 0 Å². The summed E-state index contributed by atoms with van der Waals surface area (Å²) >= 11 is 3.29. The van der Waals surface area contributed by atoms with Gasteiger partial charge in [0.25, 0.3) is 0 Å². The first-order valence-corrected chi connectivity index (χ1v) is 6.37. The van der Waals surface area contributed by atoms with Crippen LogP contribution in [0.25, 0.3) is 0 Å². The number of carbonyl (C=O) groups excluding carboxylic acids is 2. The van der Waals surface area contributed by atoms with E-state index in [2.05, 4.69) is 26.6 Å². The van der Waals surface area contributed by atoms with Crippen LogP contribution in [0.5, 0.6) is 0 Å². The van der Waals surface area contributed by atoms with Gasteiger partial charge in [0.05, 0.1) is 0 Å². The second-order valence-corrected chi connectivity index (χ2v) is 4.70. The average molecular weight is 319 g/mol. The van der Waals surface area contributed by atoms with Gasteiger partial charge >= 0.3 is 11.8 Å². The lowest BCUT2D eigenvalue weighted by Gasteiger charge is -2.06. The summed E-state index contributed by atoms with van der Waals surface area (Å²) in [7, 11) is 0. The Morgan fingerprint density at radius 3 is 2.00 bits per heavy atom. The number of nitrogens with one attached hydrogen (secondary N) is 2. The topological polar surface area (TPSA) is 58.2 Å². The van der Waals surface area contributed by atoms with Crippen molar-refractivity contribution in [1.82, 2.24) is 0 Å². The van der Waals surface area contributed by atoms with E-state index in [1.807, 2.05) is 12.1 Å². The van der Waals surface area contributed by atoms with E-state index in [4.69, 9.17) is 0 Å². The molecule has 0 heterocycles. The second kappa shape index (κ2) is 6.15. The second-order valence-electron chi connectivity index (χ2n) is 3.78. The summed E-state index contributed by atoms with van der Waals surface area (Å²) in [6.07, 6.45) is 0. The largest absolute Gasteiger partial charge is 0.318 e. The molecule has 2 aromatic rings. The van der Waals surface area contributed by atoms with Gasteiger partial charge in [-0.3, -0.25) is 9.59 Å². The number of amides is 2. The smallest absolute Gasteiger partial charge is 0.314 e. The maximum absolute atomic E-state index is 11.7. The van der Waals surface area contributed by atoms with Crippen molar-refractivity contribution in [2.24, 2.45) is 0 Å². The molecule has 0 aliphatic heterocycles. The van der Waals surface area contributed by atoms with Crippen molar-refractivity contribution in [3.05, 3.63) is 59.1 Å². The summed E-state index contributed by atoms with van der Waals surface area (Å²) in [5, 5.41) is 5.04. The molecule has 0 spiro atoms. The third kappa shape index (κ3) is 3.93. The first kappa shape index (κ1) is 13.3. The molecule has 0 bridgehead atoms. The van der Waals surface area contributed by atoms with E-state index in [0.29, 0.717) is 11.4 Å². The van der Waals surface area contributed by atoms with E-state index in [1.165, 1.54) is 0 Å². The Balaban J connectivity index is 1.98. The first-order chi connectivity index (χ1) is 9.15. The highest BCUT2D eigenvalue weighted by atomic mass is 79.9. The van der Waals surface area contributed by atoms with Gasteiger partial charge in [0, 0.05) is 15.8 Å². The van der Waals surface area contributed by atoms with Crippen LogP contribution in [0.3, 0.4) is 0 Å². The lowest BCUT2D eigenvalue weighted by molar-refractivity contribution is -0.132. The SMILES string of the molecule is O=C(Nc1ccccc1)C(=O)Nc1cccc(Br)c1. The highest BCUT2D eigenvalue weighted by Crippen LogP contribution is 2.15. The van der Waals surface area contributed by atoms with Crippen molar-refractivity contribution < 1.29 is 9.59 Å². The third-order valence-electron chi connectivity index (χ3n) is 2.32. The zero-order valence-corrected chi connectivity index (χ0v) is 11.5. The number of anilines is 2. The molecule has 0 fully saturated rings. The summed E-state index contributed by atoms with van der Waals surface area (Å²) < 4.78 is 0.828. The van der Waals surface area contributed by atoms with Gasteiger partial charge in [-0.15, -0.1) is 0 Å². The fourth-order valence-corrected chi connectivity index (χ4v) is 1.86. The summed E-state index contributed by atoms with van der Waals surface area (Å²) in [5.41, 5.74) is 1.14. The Labute approximate surface area is 119 Å². The molecule has 5 heteroatoms. The van der Waals surface area contributed by atoms with E-state index in [1.54, 1.807) is 42.5 Å². The molecule has 2 amide bonds. The molecule has 0 aromatic heterocycles. The first-order valence-electron chi connectivity index (χ1n) is 5.58. The number of hydrogen-bond acceptors (Lipinski definition) is 2. The normalized spacial score (nSPS) is 9.74. The minimum Gasteiger partial charge on any atom is -0.318 e. The number of para-hydroxylation sites is 1. The van der Waals surface area contributed by atoms with Crippen LogP contribution in [0.2, 0.25) is 0 Å². The average Bonchev–Trinajstić information content (AvgIpc) is 2.40. The zero-order chi connectivity index (χ0) is 13.7. The van der Waals surface area contributed by atoms with Crippen LogP contribution in [0.1, 0.15) is 0 Å². The Morgan fingerprint density at radius 2 is 1.37 bits per heavy atom. The molecule has 0 saturated heterocycles. The van der Waals surface area contributed by atoms with E-state index >= 15 is 0 Å². The van der Waals surface area contributed by atoms with Crippen LogP contribution in [0, 0.1) is 0 Å². The number of rotatable bonds is 2. The van der Waals surface area contributed by atoms with Crippen LogP contribution in [0.15, 0.2) is 59.1 Å². The molecular weight excluding hydrogens is 308 g/mol. The molecule has 96 valence electrons. The van der Waals surface area contributed by atoms with E-state index in [-0.39, 0.29) is 0 Å². The number of halogens is 1. The lowest BCUT2D eigenvalue weighted by Crippen LogP contribution is -2.29. The molecule has 0 saturated carbocycles. The van der Waals surface area contributed by atoms with Crippen LogP contribution in [0.4, 0.5) is 11.4 Å². The molecule has 0 aliphatic carbocycles. The van der Waals surface area contributed by atoms with Gasteiger partial charge in [0.2, 0.25) is 0 Å². The zero-order valence-electron chi connectivity index (χ0n) is 9.89. The Bertz CT molecular complexity index is 599. The minimum absolute atomic E-state index is 0.558. The van der Waals surface area contributed by atoms with Crippen molar-refractivity contribution in [3.8, 4) is 0 Å². The number of hydrogen-bond donors (Lipinski definition) is 2.